The number of carbonyl (C=O) groups is 3. The van der Waals surface area contributed by atoms with E-state index < -0.39 is 0 Å². The number of benzene rings is 1. The molecule has 1 aliphatic heterocycles. The molecule has 0 aromatic heterocycles. The normalized spacial score (nSPS) is 17.0. The highest BCUT2D eigenvalue weighted by Crippen LogP contribution is 2.21. The predicted molar refractivity (Wildman–Crippen MR) is 87.2 cm³/mol. The van der Waals surface area contributed by atoms with Gasteiger partial charge in [0.05, 0.1) is 6.04 Å². The van der Waals surface area contributed by atoms with E-state index in [9.17, 15) is 14.4 Å². The van der Waals surface area contributed by atoms with Gasteiger partial charge < -0.3 is 20.9 Å². The molecule has 7 heteroatoms. The van der Waals surface area contributed by atoms with Crippen molar-refractivity contribution in [1.29, 1.82) is 0 Å². The van der Waals surface area contributed by atoms with E-state index in [0.717, 1.165) is 11.3 Å². The fraction of sp³-hybridized carbons (Fsp3) is 0.438. The Morgan fingerprint density at radius 2 is 1.83 bits per heavy atom. The zero-order chi connectivity index (χ0) is 16.8. The van der Waals surface area contributed by atoms with E-state index >= 15 is 0 Å². The lowest BCUT2D eigenvalue weighted by Gasteiger charge is -2.17. The summed E-state index contributed by atoms with van der Waals surface area (Å²) in [6.07, 6.45) is 0.285. The lowest BCUT2D eigenvalue weighted by atomic mass is 10.2. The van der Waals surface area contributed by atoms with Gasteiger partial charge in [-0.05, 0) is 19.1 Å². The number of rotatable bonds is 5. The molecule has 0 bridgehead atoms. The molecule has 1 aromatic rings. The zero-order valence-corrected chi connectivity index (χ0v) is 13.4. The van der Waals surface area contributed by atoms with Crippen molar-refractivity contribution in [2.24, 2.45) is 0 Å². The first-order chi connectivity index (χ1) is 11.0. The van der Waals surface area contributed by atoms with Crippen molar-refractivity contribution >= 4 is 23.5 Å². The van der Waals surface area contributed by atoms with Gasteiger partial charge in [0, 0.05) is 38.7 Å². The van der Waals surface area contributed by atoms with Gasteiger partial charge in [-0.1, -0.05) is 17.7 Å². The molecule has 1 heterocycles. The molecule has 1 atom stereocenters. The lowest BCUT2D eigenvalue weighted by molar-refractivity contribution is -0.119. The monoisotopic (exact) mass is 318 g/mol. The summed E-state index contributed by atoms with van der Waals surface area (Å²) >= 11 is 0. The number of nitrogens with one attached hydrogen (secondary N) is 3. The molecule has 1 aliphatic rings. The van der Waals surface area contributed by atoms with Crippen molar-refractivity contribution in [1.82, 2.24) is 16.0 Å². The van der Waals surface area contributed by atoms with Crippen LogP contribution in [-0.2, 0) is 9.59 Å². The highest BCUT2D eigenvalue weighted by Gasteiger charge is 2.31. The van der Waals surface area contributed by atoms with Crippen LogP contribution in [0.25, 0.3) is 0 Å². The number of hydrogen-bond acceptors (Lipinski definition) is 3. The maximum atomic E-state index is 12.1. The second kappa shape index (κ2) is 7.62. The van der Waals surface area contributed by atoms with Crippen LogP contribution in [-0.4, -0.2) is 43.5 Å². The molecule has 2 rings (SSSR count). The summed E-state index contributed by atoms with van der Waals surface area (Å²) in [4.78, 5) is 36.3. The Morgan fingerprint density at radius 1 is 1.17 bits per heavy atom. The zero-order valence-electron chi connectivity index (χ0n) is 13.4. The summed E-state index contributed by atoms with van der Waals surface area (Å²) in [5.74, 6) is -0.139. The molecule has 0 aliphatic carbocycles. The molecule has 1 saturated heterocycles. The highest BCUT2D eigenvalue weighted by molar-refractivity contribution is 5.96. The Balaban J connectivity index is 1.79. The van der Waals surface area contributed by atoms with Gasteiger partial charge in [0.25, 0.3) is 0 Å². The minimum Gasteiger partial charge on any atom is -0.355 e. The number of nitrogens with zero attached hydrogens (tertiary/aromatic N) is 1. The van der Waals surface area contributed by atoms with Crippen LogP contribution in [0.1, 0.15) is 18.9 Å². The summed E-state index contributed by atoms with van der Waals surface area (Å²) in [6, 6.07) is 7.17. The molecule has 0 spiro atoms. The largest absolute Gasteiger partial charge is 0.355 e. The van der Waals surface area contributed by atoms with E-state index in [4.69, 9.17) is 0 Å². The van der Waals surface area contributed by atoms with E-state index in [2.05, 4.69) is 16.0 Å². The molecule has 1 aromatic carbocycles. The van der Waals surface area contributed by atoms with Crippen molar-refractivity contribution < 1.29 is 14.4 Å². The van der Waals surface area contributed by atoms with Gasteiger partial charge in [0.1, 0.15) is 0 Å². The summed E-state index contributed by atoms with van der Waals surface area (Å²) in [5, 5.41) is 8.02. The molecule has 1 fully saturated rings. The van der Waals surface area contributed by atoms with Crippen LogP contribution in [0.4, 0.5) is 10.5 Å². The standard InChI is InChI=1S/C16H22N4O3/c1-11-3-5-14(6-4-11)20-10-13(9-15(20)22)19-16(23)18-8-7-17-12(2)21/h3-6,13H,7-10H2,1-2H3,(H,17,21)(H2,18,19,23)/t13-/m1/s1. The predicted octanol–water partition coefficient (Wildman–Crippen LogP) is 0.536. The molecule has 0 saturated carbocycles. The third kappa shape index (κ3) is 4.98. The first-order valence-corrected chi connectivity index (χ1v) is 7.61. The summed E-state index contributed by atoms with van der Waals surface area (Å²) in [7, 11) is 0. The van der Waals surface area contributed by atoms with Crippen LogP contribution in [0.15, 0.2) is 24.3 Å². The Hall–Kier alpha value is -2.57. The molecule has 7 nitrogen and oxygen atoms in total. The number of hydrogen-bond donors (Lipinski definition) is 3. The quantitative estimate of drug-likeness (QED) is 0.692. The third-order valence-electron chi connectivity index (χ3n) is 3.59. The van der Waals surface area contributed by atoms with Crippen molar-refractivity contribution in [2.75, 3.05) is 24.5 Å². The van der Waals surface area contributed by atoms with Gasteiger partial charge in [0.2, 0.25) is 11.8 Å². The van der Waals surface area contributed by atoms with Crippen LogP contribution in [0.2, 0.25) is 0 Å². The molecule has 23 heavy (non-hydrogen) atoms. The number of carbonyl (C=O) groups excluding carboxylic acids is 3. The molecule has 0 unspecified atom stereocenters. The van der Waals surface area contributed by atoms with Gasteiger partial charge in [-0.25, -0.2) is 4.79 Å². The third-order valence-corrected chi connectivity index (χ3v) is 3.59. The first-order valence-electron chi connectivity index (χ1n) is 7.61. The maximum Gasteiger partial charge on any atom is 0.315 e. The summed E-state index contributed by atoms with van der Waals surface area (Å²) in [5.41, 5.74) is 1.98. The Bertz CT molecular complexity index is 585. The average molecular weight is 318 g/mol. The van der Waals surface area contributed by atoms with E-state index in [-0.39, 0.29) is 30.3 Å². The Morgan fingerprint density at radius 3 is 2.48 bits per heavy atom. The van der Waals surface area contributed by atoms with Gasteiger partial charge in [-0.2, -0.15) is 0 Å². The van der Waals surface area contributed by atoms with Gasteiger partial charge in [-0.3, -0.25) is 9.59 Å². The topological polar surface area (TPSA) is 90.5 Å². The fourth-order valence-corrected chi connectivity index (χ4v) is 2.43. The van der Waals surface area contributed by atoms with E-state index in [1.165, 1.54) is 6.92 Å². The average Bonchev–Trinajstić information content (AvgIpc) is 2.85. The number of aryl methyl sites for hydroxylation is 1. The molecule has 124 valence electrons. The van der Waals surface area contributed by atoms with Crippen molar-refractivity contribution in [3.8, 4) is 0 Å². The van der Waals surface area contributed by atoms with Crippen molar-refractivity contribution in [2.45, 2.75) is 26.3 Å². The van der Waals surface area contributed by atoms with Crippen molar-refractivity contribution in [3.05, 3.63) is 29.8 Å². The van der Waals surface area contributed by atoms with E-state index in [1.54, 1.807) is 4.90 Å². The Labute approximate surface area is 135 Å². The molecule has 0 radical (unpaired) electrons. The molecule has 3 N–H and O–H groups in total. The minimum atomic E-state index is -0.334. The van der Waals surface area contributed by atoms with Gasteiger partial charge in [-0.15, -0.1) is 0 Å². The SMILES string of the molecule is CC(=O)NCCNC(=O)N[C@@H]1CC(=O)N(c2ccc(C)cc2)C1. The van der Waals surface area contributed by atoms with E-state index in [0.29, 0.717) is 19.6 Å². The Kier molecular flexibility index (Phi) is 5.56. The highest BCUT2D eigenvalue weighted by atomic mass is 16.2. The number of amides is 4. The van der Waals surface area contributed by atoms with E-state index in [1.807, 2.05) is 31.2 Å². The second-order valence-corrected chi connectivity index (χ2v) is 5.62. The van der Waals surface area contributed by atoms with Gasteiger partial charge in [0.15, 0.2) is 0 Å². The number of anilines is 1. The minimum absolute atomic E-state index is 0.00241. The van der Waals surface area contributed by atoms with Gasteiger partial charge >= 0.3 is 6.03 Å². The summed E-state index contributed by atoms with van der Waals surface area (Å²) < 4.78 is 0. The molecular formula is C16H22N4O3. The first kappa shape index (κ1) is 16.8. The number of urea groups is 1. The van der Waals surface area contributed by atoms with Crippen LogP contribution in [0.5, 0.6) is 0 Å². The smallest absolute Gasteiger partial charge is 0.315 e. The van der Waals surface area contributed by atoms with Crippen LogP contribution >= 0.6 is 0 Å². The van der Waals surface area contributed by atoms with Crippen molar-refractivity contribution in [3.63, 3.8) is 0 Å². The molecule has 4 amide bonds. The van der Waals surface area contributed by atoms with Crippen LogP contribution in [0.3, 0.4) is 0 Å². The molecular weight excluding hydrogens is 296 g/mol. The second-order valence-electron chi connectivity index (χ2n) is 5.62. The lowest BCUT2D eigenvalue weighted by Crippen LogP contribution is -2.45. The van der Waals surface area contributed by atoms with Crippen LogP contribution in [0, 0.1) is 6.92 Å². The summed E-state index contributed by atoms with van der Waals surface area (Å²) in [6.45, 7) is 4.59. The fourth-order valence-electron chi connectivity index (χ4n) is 2.43. The maximum absolute atomic E-state index is 12.1. The van der Waals surface area contributed by atoms with Crippen LogP contribution < -0.4 is 20.9 Å².